The molecule has 2 unspecified atom stereocenters. The van der Waals surface area contributed by atoms with Gasteiger partial charge >= 0.3 is 0 Å². The van der Waals surface area contributed by atoms with Crippen molar-refractivity contribution in [1.82, 2.24) is 4.90 Å². The minimum absolute atomic E-state index is 0.137. The Morgan fingerprint density at radius 1 is 0.917 bits per heavy atom. The fourth-order valence-corrected chi connectivity index (χ4v) is 4.56. The van der Waals surface area contributed by atoms with Crippen LogP contribution in [-0.4, -0.2) is 34.8 Å². The van der Waals surface area contributed by atoms with E-state index in [1.54, 1.807) is 6.07 Å². The van der Waals surface area contributed by atoms with Crippen LogP contribution in [-0.2, 0) is 0 Å². The second kappa shape index (κ2) is 5.35. The second-order valence-corrected chi connectivity index (χ2v) is 7.00. The van der Waals surface area contributed by atoms with Crippen molar-refractivity contribution in [1.29, 1.82) is 0 Å². The molecule has 0 radical (unpaired) electrons. The highest BCUT2D eigenvalue weighted by Crippen LogP contribution is 2.45. The maximum atomic E-state index is 9.99. The third-order valence-corrected chi connectivity index (χ3v) is 5.66. The van der Waals surface area contributed by atoms with Gasteiger partial charge in [-0.2, -0.15) is 5.10 Å². The van der Waals surface area contributed by atoms with Crippen molar-refractivity contribution in [2.24, 2.45) is 11.0 Å². The maximum absolute atomic E-state index is 9.99. The van der Waals surface area contributed by atoms with Gasteiger partial charge in [-0.05, 0) is 55.8 Å². The smallest absolute Gasteiger partial charge is 0.115 e. The summed E-state index contributed by atoms with van der Waals surface area (Å²) in [5, 5.41) is 17.2. The molecule has 122 valence electrons. The summed E-state index contributed by atoms with van der Waals surface area (Å²) >= 11 is 0. The van der Waals surface area contributed by atoms with Crippen LogP contribution >= 0.6 is 0 Å². The Bertz CT molecular complexity index is 780. The van der Waals surface area contributed by atoms with Crippen LogP contribution in [0, 0.1) is 5.92 Å². The van der Waals surface area contributed by atoms with Crippen molar-refractivity contribution in [3.05, 3.63) is 60.2 Å². The van der Waals surface area contributed by atoms with Gasteiger partial charge in [0.25, 0.3) is 0 Å². The predicted molar refractivity (Wildman–Crippen MR) is 95.3 cm³/mol. The third kappa shape index (κ3) is 2.06. The monoisotopic (exact) mass is 319 g/mol. The first kappa shape index (κ1) is 14.1. The summed E-state index contributed by atoms with van der Waals surface area (Å²) in [6.07, 6.45) is 2.45. The molecule has 0 aromatic heterocycles. The van der Waals surface area contributed by atoms with Gasteiger partial charge in [0.05, 0.1) is 23.5 Å². The number of benzene rings is 2. The van der Waals surface area contributed by atoms with Crippen molar-refractivity contribution in [2.45, 2.75) is 24.9 Å². The highest BCUT2D eigenvalue weighted by Gasteiger charge is 2.50. The van der Waals surface area contributed by atoms with Crippen LogP contribution < -0.4 is 5.01 Å². The third-order valence-electron chi connectivity index (χ3n) is 5.66. The van der Waals surface area contributed by atoms with E-state index in [1.807, 2.05) is 18.2 Å². The maximum Gasteiger partial charge on any atom is 0.115 e. The average molecular weight is 319 g/mol. The van der Waals surface area contributed by atoms with Crippen molar-refractivity contribution in [3.63, 3.8) is 0 Å². The van der Waals surface area contributed by atoms with Gasteiger partial charge in [-0.1, -0.05) is 30.3 Å². The molecule has 2 atom stereocenters. The molecule has 6 rings (SSSR count). The van der Waals surface area contributed by atoms with Gasteiger partial charge in [0.2, 0.25) is 0 Å². The SMILES string of the molecule is Oc1cccc(C2C3C(=NN2c2ccccc2)C2CCN3CC2)c1. The summed E-state index contributed by atoms with van der Waals surface area (Å²) in [4.78, 5) is 2.58. The van der Waals surface area contributed by atoms with E-state index < -0.39 is 0 Å². The molecule has 2 aromatic carbocycles. The fraction of sp³-hybridized carbons (Fsp3) is 0.350. The first-order chi connectivity index (χ1) is 11.8. The van der Waals surface area contributed by atoms with Crippen LogP contribution in [0.25, 0.3) is 0 Å². The van der Waals surface area contributed by atoms with Crippen LogP contribution in [0.15, 0.2) is 59.7 Å². The van der Waals surface area contributed by atoms with E-state index in [4.69, 9.17) is 5.10 Å². The summed E-state index contributed by atoms with van der Waals surface area (Å²) in [7, 11) is 0. The number of piperidine rings is 3. The number of aromatic hydroxyl groups is 1. The summed E-state index contributed by atoms with van der Waals surface area (Å²) < 4.78 is 0. The van der Waals surface area contributed by atoms with Gasteiger partial charge in [-0.15, -0.1) is 0 Å². The molecule has 3 saturated heterocycles. The molecule has 24 heavy (non-hydrogen) atoms. The number of phenolic OH excluding ortho intramolecular Hbond substituents is 1. The number of phenols is 1. The van der Waals surface area contributed by atoms with Gasteiger partial charge in [0.15, 0.2) is 0 Å². The quantitative estimate of drug-likeness (QED) is 0.922. The van der Waals surface area contributed by atoms with Gasteiger partial charge in [-0.25, -0.2) is 0 Å². The average Bonchev–Trinajstić information content (AvgIpc) is 3.06. The molecule has 4 heteroatoms. The molecule has 0 aliphatic carbocycles. The Morgan fingerprint density at radius 3 is 2.46 bits per heavy atom. The predicted octanol–water partition coefficient (Wildman–Crippen LogP) is 3.40. The summed E-state index contributed by atoms with van der Waals surface area (Å²) in [6.45, 7) is 2.32. The molecule has 1 N–H and O–H groups in total. The lowest BCUT2D eigenvalue weighted by molar-refractivity contribution is 0.137. The van der Waals surface area contributed by atoms with E-state index in [2.05, 4.69) is 40.2 Å². The topological polar surface area (TPSA) is 39.1 Å². The summed E-state index contributed by atoms with van der Waals surface area (Å²) in [5.41, 5.74) is 3.59. The Hall–Kier alpha value is -2.33. The van der Waals surface area contributed by atoms with Crippen molar-refractivity contribution >= 4 is 11.4 Å². The van der Waals surface area contributed by atoms with Crippen molar-refractivity contribution in [3.8, 4) is 5.75 Å². The molecule has 4 nitrogen and oxygen atoms in total. The Labute approximate surface area is 142 Å². The summed E-state index contributed by atoms with van der Waals surface area (Å²) in [6, 6.07) is 18.5. The highest BCUT2D eigenvalue weighted by atomic mass is 16.3. The van der Waals surface area contributed by atoms with Crippen LogP contribution in [0.3, 0.4) is 0 Å². The molecular formula is C20H21N3O. The zero-order valence-corrected chi connectivity index (χ0v) is 13.5. The Morgan fingerprint density at radius 2 is 1.71 bits per heavy atom. The molecule has 0 saturated carbocycles. The molecule has 3 fully saturated rings. The number of para-hydroxylation sites is 1. The van der Waals surface area contributed by atoms with Crippen molar-refractivity contribution in [2.75, 3.05) is 18.1 Å². The van der Waals surface area contributed by atoms with Gasteiger partial charge in [-0.3, -0.25) is 9.91 Å². The largest absolute Gasteiger partial charge is 0.508 e. The molecule has 4 aliphatic rings. The number of fused-ring (bicyclic) bond motifs is 2. The lowest BCUT2D eigenvalue weighted by Gasteiger charge is -2.46. The van der Waals surface area contributed by atoms with Crippen molar-refractivity contribution < 1.29 is 5.11 Å². The second-order valence-electron chi connectivity index (χ2n) is 7.00. The first-order valence-corrected chi connectivity index (χ1v) is 8.77. The molecule has 0 spiro atoms. The highest BCUT2D eigenvalue weighted by molar-refractivity contribution is 5.97. The van der Waals surface area contributed by atoms with Crippen LogP contribution in [0.5, 0.6) is 5.75 Å². The first-order valence-electron chi connectivity index (χ1n) is 8.77. The fourth-order valence-electron chi connectivity index (χ4n) is 4.56. The van der Waals surface area contributed by atoms with Gasteiger partial charge in [0.1, 0.15) is 5.75 Å². The van der Waals surface area contributed by atoms with E-state index >= 15 is 0 Å². The number of hydrazone groups is 1. The minimum Gasteiger partial charge on any atom is -0.508 e. The van der Waals surface area contributed by atoms with E-state index in [1.165, 1.54) is 18.6 Å². The molecular weight excluding hydrogens is 298 g/mol. The van der Waals surface area contributed by atoms with Gasteiger partial charge in [0, 0.05) is 5.92 Å². The number of hydrogen-bond acceptors (Lipinski definition) is 4. The zero-order valence-electron chi connectivity index (χ0n) is 13.5. The Balaban J connectivity index is 1.64. The number of hydrogen-bond donors (Lipinski definition) is 1. The molecule has 4 heterocycles. The number of rotatable bonds is 2. The normalized spacial score (nSPS) is 31.0. The lowest BCUT2D eigenvalue weighted by Crippen LogP contribution is -2.56. The standard InChI is InChI=1S/C20H21N3O/c24-17-8-4-5-15(13-17)19-20-18(14-9-11-22(20)12-10-14)21-23(19)16-6-2-1-3-7-16/h1-8,13-14,19-20,24H,9-12H2. The molecule has 2 aromatic rings. The van der Waals surface area contributed by atoms with E-state index in [0.29, 0.717) is 17.7 Å². The summed E-state index contributed by atoms with van der Waals surface area (Å²) in [5.74, 6) is 0.943. The van der Waals surface area contributed by atoms with E-state index in [0.717, 1.165) is 24.3 Å². The minimum atomic E-state index is 0.137. The van der Waals surface area contributed by atoms with E-state index in [-0.39, 0.29) is 6.04 Å². The number of nitrogens with zero attached hydrogens (tertiary/aromatic N) is 3. The van der Waals surface area contributed by atoms with Crippen LogP contribution in [0.4, 0.5) is 5.69 Å². The zero-order chi connectivity index (χ0) is 16.1. The van der Waals surface area contributed by atoms with Crippen LogP contribution in [0.1, 0.15) is 24.4 Å². The Kier molecular flexibility index (Phi) is 3.13. The number of anilines is 1. The molecule has 0 amide bonds. The molecule has 2 bridgehead atoms. The van der Waals surface area contributed by atoms with E-state index in [9.17, 15) is 5.11 Å². The van der Waals surface area contributed by atoms with Gasteiger partial charge < -0.3 is 5.11 Å². The molecule has 4 aliphatic heterocycles. The lowest BCUT2D eigenvalue weighted by atomic mass is 9.78. The van der Waals surface area contributed by atoms with Crippen LogP contribution in [0.2, 0.25) is 0 Å².